The van der Waals surface area contributed by atoms with E-state index in [1.54, 1.807) is 29.8 Å². The first-order chi connectivity index (χ1) is 11.1. The summed E-state index contributed by atoms with van der Waals surface area (Å²) in [5, 5.41) is 0. The van der Waals surface area contributed by atoms with Gasteiger partial charge in [0.2, 0.25) is 0 Å². The van der Waals surface area contributed by atoms with Crippen molar-refractivity contribution in [2.45, 2.75) is 6.04 Å². The molecule has 3 nitrogen and oxygen atoms in total. The molecular formula is C19H17FN2O. The van der Waals surface area contributed by atoms with Crippen LogP contribution in [0.1, 0.15) is 17.2 Å². The van der Waals surface area contributed by atoms with Gasteiger partial charge in [0.05, 0.1) is 11.7 Å². The largest absolute Gasteiger partial charge is 0.320 e. The zero-order valence-electron chi connectivity index (χ0n) is 12.7. The van der Waals surface area contributed by atoms with E-state index in [1.807, 2.05) is 36.4 Å². The van der Waals surface area contributed by atoms with Crippen LogP contribution in [0.4, 0.5) is 4.39 Å². The third kappa shape index (κ3) is 2.94. The van der Waals surface area contributed by atoms with Crippen LogP contribution in [0.15, 0.2) is 71.5 Å². The van der Waals surface area contributed by atoms with E-state index in [0.717, 1.165) is 11.3 Å². The lowest BCUT2D eigenvalue weighted by atomic mass is 9.99. The molecule has 0 aliphatic carbocycles. The molecule has 0 amide bonds. The molecule has 3 rings (SSSR count). The summed E-state index contributed by atoms with van der Waals surface area (Å²) in [6.45, 7) is 0. The zero-order chi connectivity index (χ0) is 16.4. The summed E-state index contributed by atoms with van der Waals surface area (Å²) in [6, 6.07) is 18.6. The van der Waals surface area contributed by atoms with E-state index in [4.69, 9.17) is 5.73 Å². The molecular weight excluding hydrogens is 291 g/mol. The van der Waals surface area contributed by atoms with Gasteiger partial charge in [-0.05, 0) is 35.4 Å². The number of nitrogens with zero attached hydrogens (tertiary/aromatic N) is 1. The zero-order valence-corrected chi connectivity index (χ0v) is 12.7. The lowest BCUT2D eigenvalue weighted by Gasteiger charge is -2.15. The number of halogens is 1. The first-order valence-electron chi connectivity index (χ1n) is 7.34. The third-order valence-corrected chi connectivity index (χ3v) is 3.97. The minimum Gasteiger partial charge on any atom is -0.320 e. The number of hydrogen-bond donors (Lipinski definition) is 1. The van der Waals surface area contributed by atoms with Gasteiger partial charge >= 0.3 is 0 Å². The smallest absolute Gasteiger partial charge is 0.255 e. The first kappa shape index (κ1) is 15.2. The van der Waals surface area contributed by atoms with E-state index in [9.17, 15) is 9.18 Å². The van der Waals surface area contributed by atoms with Crippen molar-refractivity contribution < 1.29 is 4.39 Å². The molecule has 0 spiro atoms. The minimum atomic E-state index is -0.584. The number of hydrogen-bond acceptors (Lipinski definition) is 2. The van der Waals surface area contributed by atoms with Crippen molar-refractivity contribution in [1.29, 1.82) is 0 Å². The van der Waals surface area contributed by atoms with Crippen LogP contribution in [0.25, 0.3) is 11.3 Å². The lowest BCUT2D eigenvalue weighted by molar-refractivity contribution is 0.626. The molecule has 116 valence electrons. The fourth-order valence-corrected chi connectivity index (χ4v) is 2.64. The average Bonchev–Trinajstić information content (AvgIpc) is 2.58. The molecule has 0 aliphatic rings. The Balaban J connectivity index is 2.04. The van der Waals surface area contributed by atoms with Gasteiger partial charge < -0.3 is 10.3 Å². The van der Waals surface area contributed by atoms with Gasteiger partial charge in [-0.2, -0.15) is 0 Å². The number of rotatable bonds is 3. The number of aromatic nitrogens is 1. The van der Waals surface area contributed by atoms with Gasteiger partial charge in [0.15, 0.2) is 0 Å². The molecule has 0 aliphatic heterocycles. The normalized spacial score (nSPS) is 12.1. The van der Waals surface area contributed by atoms with Gasteiger partial charge in [-0.1, -0.05) is 42.5 Å². The highest BCUT2D eigenvalue weighted by atomic mass is 19.1. The second-order valence-corrected chi connectivity index (χ2v) is 5.43. The van der Waals surface area contributed by atoms with Crippen LogP contribution < -0.4 is 11.3 Å². The number of benzene rings is 2. The van der Waals surface area contributed by atoms with Gasteiger partial charge in [0.25, 0.3) is 5.56 Å². The molecule has 1 atom stereocenters. The Morgan fingerprint density at radius 3 is 2.26 bits per heavy atom. The molecule has 1 unspecified atom stereocenters. The summed E-state index contributed by atoms with van der Waals surface area (Å²) in [5.74, 6) is -0.326. The number of pyridine rings is 1. The van der Waals surface area contributed by atoms with Crippen LogP contribution in [0.5, 0.6) is 0 Å². The molecule has 1 heterocycles. The lowest BCUT2D eigenvalue weighted by Crippen LogP contribution is -2.28. The Labute approximate surface area is 133 Å². The van der Waals surface area contributed by atoms with Crippen molar-refractivity contribution in [1.82, 2.24) is 4.57 Å². The second-order valence-electron chi connectivity index (χ2n) is 5.43. The predicted octanol–water partition coefficient (Wildman–Crippen LogP) is 3.24. The molecule has 0 bridgehead atoms. The van der Waals surface area contributed by atoms with Crippen LogP contribution in [-0.4, -0.2) is 4.57 Å². The summed E-state index contributed by atoms with van der Waals surface area (Å²) in [7, 11) is 1.73. The quantitative estimate of drug-likeness (QED) is 0.807. The van der Waals surface area contributed by atoms with Crippen molar-refractivity contribution in [3.63, 3.8) is 0 Å². The molecule has 3 aromatic rings. The van der Waals surface area contributed by atoms with Crippen LogP contribution >= 0.6 is 0 Å². The molecule has 0 radical (unpaired) electrons. The predicted molar refractivity (Wildman–Crippen MR) is 89.5 cm³/mol. The fraction of sp³-hybridized carbons (Fsp3) is 0.105. The van der Waals surface area contributed by atoms with Gasteiger partial charge in [-0.25, -0.2) is 4.39 Å². The second kappa shape index (κ2) is 6.18. The topological polar surface area (TPSA) is 48.0 Å². The van der Waals surface area contributed by atoms with E-state index < -0.39 is 6.04 Å². The molecule has 1 aromatic heterocycles. The van der Waals surface area contributed by atoms with Gasteiger partial charge in [-0.15, -0.1) is 0 Å². The van der Waals surface area contributed by atoms with Crippen LogP contribution in [-0.2, 0) is 7.05 Å². The maximum atomic E-state index is 13.0. The maximum absolute atomic E-state index is 13.0. The van der Waals surface area contributed by atoms with Gasteiger partial charge in [-0.3, -0.25) is 4.79 Å². The van der Waals surface area contributed by atoms with E-state index >= 15 is 0 Å². The van der Waals surface area contributed by atoms with Crippen LogP contribution in [0.2, 0.25) is 0 Å². The summed E-state index contributed by atoms with van der Waals surface area (Å²) >= 11 is 0. The summed E-state index contributed by atoms with van der Waals surface area (Å²) in [4.78, 5) is 12.7. The average molecular weight is 308 g/mol. The van der Waals surface area contributed by atoms with E-state index in [1.165, 1.54) is 12.1 Å². The van der Waals surface area contributed by atoms with Crippen molar-refractivity contribution >= 4 is 0 Å². The Bertz CT molecular complexity index is 870. The van der Waals surface area contributed by atoms with Gasteiger partial charge in [0, 0.05) is 12.6 Å². The van der Waals surface area contributed by atoms with E-state index in [-0.39, 0.29) is 11.4 Å². The summed E-state index contributed by atoms with van der Waals surface area (Å²) < 4.78 is 14.6. The SMILES string of the molecule is Cn1c(-c2ccccc2)ccc(C(N)c2ccc(F)cc2)c1=O. The highest BCUT2D eigenvalue weighted by Gasteiger charge is 2.15. The van der Waals surface area contributed by atoms with E-state index in [0.29, 0.717) is 11.1 Å². The third-order valence-electron chi connectivity index (χ3n) is 3.97. The van der Waals surface area contributed by atoms with Crippen molar-refractivity contribution in [2.24, 2.45) is 12.8 Å². The Kier molecular flexibility index (Phi) is 4.08. The summed E-state index contributed by atoms with van der Waals surface area (Å²) in [6.07, 6.45) is 0. The Morgan fingerprint density at radius 1 is 0.957 bits per heavy atom. The Hall–Kier alpha value is -2.72. The van der Waals surface area contributed by atoms with Crippen molar-refractivity contribution in [3.05, 3.63) is 94.0 Å². The molecule has 23 heavy (non-hydrogen) atoms. The first-order valence-corrected chi connectivity index (χ1v) is 7.34. The number of nitrogens with two attached hydrogens (primary N) is 1. The van der Waals surface area contributed by atoms with Crippen molar-refractivity contribution in [3.8, 4) is 11.3 Å². The van der Waals surface area contributed by atoms with E-state index in [2.05, 4.69) is 0 Å². The highest BCUT2D eigenvalue weighted by molar-refractivity contribution is 5.59. The molecule has 2 aromatic carbocycles. The monoisotopic (exact) mass is 308 g/mol. The molecule has 0 saturated heterocycles. The molecule has 0 saturated carbocycles. The molecule has 4 heteroatoms. The highest BCUT2D eigenvalue weighted by Crippen LogP contribution is 2.21. The molecule has 2 N–H and O–H groups in total. The van der Waals surface area contributed by atoms with Crippen LogP contribution in [0.3, 0.4) is 0 Å². The van der Waals surface area contributed by atoms with Crippen molar-refractivity contribution in [2.75, 3.05) is 0 Å². The standard InChI is InChI=1S/C19H17FN2O/c1-22-17(13-5-3-2-4-6-13)12-11-16(19(22)23)18(21)14-7-9-15(20)10-8-14/h2-12,18H,21H2,1H3. The Morgan fingerprint density at radius 2 is 1.61 bits per heavy atom. The maximum Gasteiger partial charge on any atom is 0.255 e. The fourth-order valence-electron chi connectivity index (χ4n) is 2.64. The minimum absolute atomic E-state index is 0.150. The molecule has 0 fully saturated rings. The summed E-state index contributed by atoms with van der Waals surface area (Å²) in [5.41, 5.74) is 9.02. The van der Waals surface area contributed by atoms with Gasteiger partial charge in [0.1, 0.15) is 5.82 Å². The van der Waals surface area contributed by atoms with Crippen LogP contribution in [0, 0.1) is 5.82 Å².